The zero-order chi connectivity index (χ0) is 22.0. The summed E-state index contributed by atoms with van der Waals surface area (Å²) >= 11 is 0. The van der Waals surface area contributed by atoms with Gasteiger partial charge in [-0.3, -0.25) is 0 Å². The Morgan fingerprint density at radius 2 is 1.52 bits per heavy atom. The van der Waals surface area contributed by atoms with Crippen molar-refractivity contribution in [3.8, 4) is 22.6 Å². The van der Waals surface area contributed by atoms with Crippen LogP contribution in [0.5, 0.6) is 11.5 Å². The molecule has 0 fully saturated rings. The highest BCUT2D eigenvalue weighted by molar-refractivity contribution is 5.79. The Morgan fingerprint density at radius 1 is 0.903 bits per heavy atom. The maximum atomic E-state index is 12.2. The SMILES string of the molecule is O=C(NCC(O)C(O)c1ccc(O)c(O)c1)OCC1c2ccccc2-c2ccccc21. The van der Waals surface area contributed by atoms with Gasteiger partial charge in [-0.05, 0) is 39.9 Å². The Balaban J connectivity index is 1.34. The Bertz CT molecular complexity index is 1050. The third-order valence-electron chi connectivity index (χ3n) is 5.50. The van der Waals surface area contributed by atoms with E-state index in [1.807, 2.05) is 48.5 Å². The fraction of sp³-hybridized carbons (Fsp3) is 0.208. The molecule has 0 saturated carbocycles. The highest BCUT2D eigenvalue weighted by Gasteiger charge is 2.29. The number of nitrogens with one attached hydrogen (secondary N) is 1. The van der Waals surface area contributed by atoms with Crippen LogP contribution < -0.4 is 5.32 Å². The minimum absolute atomic E-state index is 0.0753. The predicted octanol–water partition coefficient (Wildman–Crippen LogP) is 3.03. The number of aliphatic hydroxyl groups is 2. The van der Waals surface area contributed by atoms with Crippen LogP contribution >= 0.6 is 0 Å². The number of hydrogen-bond donors (Lipinski definition) is 5. The number of phenols is 2. The summed E-state index contributed by atoms with van der Waals surface area (Å²) in [6.07, 6.45) is -3.40. The molecule has 0 radical (unpaired) electrons. The van der Waals surface area contributed by atoms with Crippen LogP contribution in [0.2, 0.25) is 0 Å². The van der Waals surface area contributed by atoms with Crippen LogP contribution in [0.1, 0.15) is 28.7 Å². The second-order valence-corrected chi connectivity index (χ2v) is 7.47. The molecular formula is C24H23NO6. The molecule has 2 atom stereocenters. The molecule has 160 valence electrons. The Hall–Kier alpha value is -3.55. The van der Waals surface area contributed by atoms with Crippen molar-refractivity contribution in [2.24, 2.45) is 0 Å². The molecule has 3 aromatic carbocycles. The quantitative estimate of drug-likeness (QED) is 0.391. The minimum atomic E-state index is -1.36. The highest BCUT2D eigenvalue weighted by Crippen LogP contribution is 2.44. The maximum Gasteiger partial charge on any atom is 0.407 e. The largest absolute Gasteiger partial charge is 0.504 e. The molecule has 5 N–H and O–H groups in total. The van der Waals surface area contributed by atoms with Gasteiger partial charge < -0.3 is 30.5 Å². The first-order valence-electron chi connectivity index (χ1n) is 9.92. The summed E-state index contributed by atoms with van der Waals surface area (Å²) in [5.74, 6) is -0.816. The van der Waals surface area contributed by atoms with E-state index in [1.54, 1.807) is 0 Å². The molecule has 0 spiro atoms. The van der Waals surface area contributed by atoms with Gasteiger partial charge in [0.05, 0.1) is 0 Å². The Morgan fingerprint density at radius 3 is 2.13 bits per heavy atom. The van der Waals surface area contributed by atoms with E-state index in [1.165, 1.54) is 12.1 Å². The van der Waals surface area contributed by atoms with E-state index in [2.05, 4.69) is 5.32 Å². The number of hydrogen-bond acceptors (Lipinski definition) is 6. The molecule has 7 nitrogen and oxygen atoms in total. The number of carbonyl (C=O) groups excluding carboxylic acids is 1. The molecule has 31 heavy (non-hydrogen) atoms. The number of alkyl carbamates (subject to hydrolysis) is 1. The van der Waals surface area contributed by atoms with Gasteiger partial charge in [-0.25, -0.2) is 4.79 Å². The number of carbonyl (C=O) groups is 1. The summed E-state index contributed by atoms with van der Waals surface area (Å²) < 4.78 is 5.39. The third-order valence-corrected chi connectivity index (χ3v) is 5.50. The topological polar surface area (TPSA) is 119 Å². The molecule has 4 rings (SSSR count). The lowest BCUT2D eigenvalue weighted by Gasteiger charge is -2.19. The number of benzene rings is 3. The maximum absolute atomic E-state index is 12.2. The smallest absolute Gasteiger partial charge is 0.407 e. The summed E-state index contributed by atoms with van der Waals surface area (Å²) in [5.41, 5.74) is 4.65. The highest BCUT2D eigenvalue weighted by atomic mass is 16.5. The van der Waals surface area contributed by atoms with Crippen molar-refractivity contribution in [2.45, 2.75) is 18.1 Å². The number of rotatable bonds is 6. The van der Waals surface area contributed by atoms with Crippen molar-refractivity contribution >= 4 is 6.09 Å². The van der Waals surface area contributed by atoms with Gasteiger partial charge in [-0.1, -0.05) is 54.6 Å². The molecule has 1 aliphatic rings. The van der Waals surface area contributed by atoms with E-state index >= 15 is 0 Å². The van der Waals surface area contributed by atoms with Gasteiger partial charge in [0.25, 0.3) is 0 Å². The fourth-order valence-corrected chi connectivity index (χ4v) is 3.90. The van der Waals surface area contributed by atoms with Gasteiger partial charge in [-0.2, -0.15) is 0 Å². The van der Waals surface area contributed by atoms with E-state index in [9.17, 15) is 25.2 Å². The van der Waals surface area contributed by atoms with Crippen LogP contribution in [0.4, 0.5) is 4.79 Å². The summed E-state index contributed by atoms with van der Waals surface area (Å²) in [5, 5.41) is 41.7. The summed E-state index contributed by atoms with van der Waals surface area (Å²) in [4.78, 5) is 12.2. The first-order chi connectivity index (χ1) is 15.0. The van der Waals surface area contributed by atoms with Gasteiger partial charge in [0.2, 0.25) is 0 Å². The average Bonchev–Trinajstić information content (AvgIpc) is 3.11. The van der Waals surface area contributed by atoms with Crippen molar-refractivity contribution in [2.75, 3.05) is 13.2 Å². The standard InChI is InChI=1S/C24H23NO6/c26-20-10-9-14(11-21(20)27)23(29)22(28)12-25-24(30)31-13-19-17-7-3-1-5-15(17)16-6-2-4-8-18(16)19/h1-11,19,22-23,26-29H,12-13H2,(H,25,30). The number of fused-ring (bicyclic) bond motifs is 3. The van der Waals surface area contributed by atoms with Crippen molar-refractivity contribution in [1.82, 2.24) is 5.32 Å². The molecule has 0 heterocycles. The van der Waals surface area contributed by atoms with Crippen LogP contribution in [0.25, 0.3) is 11.1 Å². The van der Waals surface area contributed by atoms with Gasteiger partial charge in [-0.15, -0.1) is 0 Å². The fourth-order valence-electron chi connectivity index (χ4n) is 3.90. The van der Waals surface area contributed by atoms with Gasteiger partial charge in [0, 0.05) is 12.5 Å². The first kappa shape index (κ1) is 20.7. The minimum Gasteiger partial charge on any atom is -0.504 e. The molecule has 3 aromatic rings. The Labute approximate surface area is 179 Å². The summed E-state index contributed by atoms with van der Waals surface area (Å²) in [6.45, 7) is -0.107. The van der Waals surface area contributed by atoms with E-state index in [4.69, 9.17) is 4.74 Å². The van der Waals surface area contributed by atoms with Crippen LogP contribution in [0.3, 0.4) is 0 Å². The predicted molar refractivity (Wildman–Crippen MR) is 114 cm³/mol. The van der Waals surface area contributed by atoms with Crippen molar-refractivity contribution in [1.29, 1.82) is 0 Å². The summed E-state index contributed by atoms with van der Waals surface area (Å²) in [7, 11) is 0. The van der Waals surface area contributed by atoms with E-state index < -0.39 is 24.1 Å². The second-order valence-electron chi connectivity index (χ2n) is 7.47. The van der Waals surface area contributed by atoms with Crippen LogP contribution in [0, 0.1) is 0 Å². The number of aromatic hydroxyl groups is 2. The molecule has 0 aromatic heterocycles. The zero-order valence-electron chi connectivity index (χ0n) is 16.6. The van der Waals surface area contributed by atoms with Crippen LogP contribution in [-0.4, -0.2) is 45.8 Å². The van der Waals surface area contributed by atoms with Gasteiger partial charge in [0.1, 0.15) is 18.8 Å². The number of amides is 1. The number of ether oxygens (including phenoxy) is 1. The average molecular weight is 421 g/mol. The molecule has 1 amide bonds. The molecule has 0 saturated heterocycles. The second kappa shape index (κ2) is 8.67. The lowest BCUT2D eigenvalue weighted by molar-refractivity contribution is 0.0184. The molecule has 0 aliphatic heterocycles. The number of phenolic OH excluding ortho intramolecular Hbond substituents is 2. The number of aliphatic hydroxyl groups excluding tert-OH is 2. The monoisotopic (exact) mass is 421 g/mol. The third kappa shape index (κ3) is 4.19. The van der Waals surface area contributed by atoms with Crippen LogP contribution in [0.15, 0.2) is 66.7 Å². The lowest BCUT2D eigenvalue weighted by atomic mass is 9.98. The van der Waals surface area contributed by atoms with Crippen molar-refractivity contribution in [3.05, 3.63) is 83.4 Å². The lowest BCUT2D eigenvalue weighted by Crippen LogP contribution is -2.36. The zero-order valence-corrected chi connectivity index (χ0v) is 16.6. The van der Waals surface area contributed by atoms with Gasteiger partial charge >= 0.3 is 6.09 Å². The van der Waals surface area contributed by atoms with E-state index in [0.717, 1.165) is 28.3 Å². The first-order valence-corrected chi connectivity index (χ1v) is 9.92. The van der Waals surface area contributed by atoms with Crippen molar-refractivity contribution in [3.63, 3.8) is 0 Å². The molecule has 2 unspecified atom stereocenters. The van der Waals surface area contributed by atoms with E-state index in [-0.39, 0.29) is 30.4 Å². The van der Waals surface area contributed by atoms with E-state index in [0.29, 0.717) is 0 Å². The molecule has 0 bridgehead atoms. The molecule has 1 aliphatic carbocycles. The van der Waals surface area contributed by atoms with Crippen LogP contribution in [-0.2, 0) is 4.74 Å². The molecule has 7 heteroatoms. The molecular weight excluding hydrogens is 398 g/mol. The van der Waals surface area contributed by atoms with Gasteiger partial charge in [0.15, 0.2) is 11.5 Å². The normalized spacial score (nSPS) is 14.4. The summed E-state index contributed by atoms with van der Waals surface area (Å²) in [6, 6.07) is 19.7. The Kier molecular flexibility index (Phi) is 5.79. The van der Waals surface area contributed by atoms with Crippen molar-refractivity contribution < 1.29 is 30.0 Å².